The normalized spacial score (nSPS) is 15.8. The molecule has 0 bridgehead atoms. The maximum Gasteiger partial charge on any atom is 0.189 e. The molecule has 0 spiro atoms. The average Bonchev–Trinajstić information content (AvgIpc) is 2.42. The zero-order valence-corrected chi connectivity index (χ0v) is 19.2. The lowest BCUT2D eigenvalue weighted by Gasteiger charge is -2.46. The summed E-state index contributed by atoms with van der Waals surface area (Å²) >= 11 is 0. The van der Waals surface area contributed by atoms with E-state index in [9.17, 15) is 0 Å². The van der Waals surface area contributed by atoms with Crippen LogP contribution in [0.2, 0.25) is 0 Å². The Balaban J connectivity index is 5.30. The van der Waals surface area contributed by atoms with E-state index in [1.807, 2.05) is 0 Å². The minimum absolute atomic E-state index is 0.310. The van der Waals surface area contributed by atoms with Crippen LogP contribution in [0.15, 0.2) is 0 Å². The first-order chi connectivity index (χ1) is 11.0. The van der Waals surface area contributed by atoms with Gasteiger partial charge in [-0.2, -0.15) is 0 Å². The first-order valence-corrected chi connectivity index (χ1v) is 11.2. The average molecular weight is 361 g/mol. The molecule has 4 heteroatoms. The molecular weight excluding hydrogens is 315 g/mol. The van der Waals surface area contributed by atoms with Gasteiger partial charge in [0, 0.05) is 24.2 Å². The van der Waals surface area contributed by atoms with Gasteiger partial charge in [-0.3, -0.25) is 0 Å². The molecule has 0 N–H and O–H groups in total. The molecule has 0 aliphatic rings. The Labute approximate surface area is 154 Å². The van der Waals surface area contributed by atoms with E-state index < -0.39 is 8.45 Å². The van der Waals surface area contributed by atoms with Gasteiger partial charge in [-0.25, -0.2) is 9.34 Å². The summed E-state index contributed by atoms with van der Waals surface area (Å²) in [5.41, 5.74) is 0. The fourth-order valence-electron chi connectivity index (χ4n) is 3.15. The van der Waals surface area contributed by atoms with Gasteiger partial charge in [0.15, 0.2) is 8.45 Å². The summed E-state index contributed by atoms with van der Waals surface area (Å²) in [6.45, 7) is 25.2. The van der Waals surface area contributed by atoms with Crippen LogP contribution >= 0.6 is 8.45 Å². The lowest BCUT2D eigenvalue weighted by molar-refractivity contribution is 0.142. The quantitative estimate of drug-likeness (QED) is 0.361. The van der Waals surface area contributed by atoms with Crippen molar-refractivity contribution in [1.29, 1.82) is 0 Å². The van der Waals surface area contributed by atoms with Crippen molar-refractivity contribution in [3.05, 3.63) is 0 Å². The van der Waals surface area contributed by atoms with Crippen LogP contribution in [0.4, 0.5) is 0 Å². The van der Waals surface area contributed by atoms with E-state index in [-0.39, 0.29) is 0 Å². The van der Waals surface area contributed by atoms with Crippen molar-refractivity contribution in [2.24, 2.45) is 5.92 Å². The molecule has 0 aromatic carbocycles. The monoisotopic (exact) mass is 360 g/mol. The Kier molecular flexibility index (Phi) is 12.0. The van der Waals surface area contributed by atoms with Gasteiger partial charge in [0.05, 0.1) is 6.10 Å². The number of hydrogen-bond donors (Lipinski definition) is 0. The summed E-state index contributed by atoms with van der Waals surface area (Å²) in [7, 11) is -0.753. The van der Waals surface area contributed by atoms with E-state index >= 15 is 0 Å². The fraction of sp³-hybridized carbons (Fsp3) is 1.00. The van der Waals surface area contributed by atoms with E-state index in [4.69, 9.17) is 4.52 Å². The molecule has 2 atom stereocenters. The van der Waals surface area contributed by atoms with Crippen molar-refractivity contribution in [3.63, 3.8) is 0 Å². The largest absolute Gasteiger partial charge is 0.328 e. The third-order valence-electron chi connectivity index (χ3n) is 4.55. The maximum absolute atomic E-state index is 6.73. The Morgan fingerprint density at radius 2 is 1.04 bits per heavy atom. The predicted molar refractivity (Wildman–Crippen MR) is 110 cm³/mol. The second-order valence-corrected chi connectivity index (χ2v) is 10.0. The predicted octanol–water partition coefficient (Wildman–Crippen LogP) is 6.68. The van der Waals surface area contributed by atoms with E-state index in [1.54, 1.807) is 0 Å². The third kappa shape index (κ3) is 8.13. The van der Waals surface area contributed by atoms with Crippen molar-refractivity contribution in [2.45, 2.75) is 126 Å². The van der Waals surface area contributed by atoms with Gasteiger partial charge in [0.25, 0.3) is 0 Å². The van der Waals surface area contributed by atoms with Crippen molar-refractivity contribution in [1.82, 2.24) is 9.34 Å². The molecule has 0 aromatic rings. The van der Waals surface area contributed by atoms with Gasteiger partial charge >= 0.3 is 0 Å². The Morgan fingerprint density at radius 1 is 0.667 bits per heavy atom. The number of hydrogen-bond acceptors (Lipinski definition) is 3. The highest BCUT2D eigenvalue weighted by molar-refractivity contribution is 7.47. The molecule has 0 aliphatic carbocycles. The van der Waals surface area contributed by atoms with E-state index in [2.05, 4.69) is 85.5 Å². The van der Waals surface area contributed by atoms with Crippen LogP contribution in [-0.2, 0) is 4.52 Å². The van der Waals surface area contributed by atoms with Crippen LogP contribution in [0, 0.1) is 5.92 Å². The number of rotatable bonds is 12. The maximum atomic E-state index is 6.73. The van der Waals surface area contributed by atoms with Crippen molar-refractivity contribution in [3.8, 4) is 0 Å². The molecule has 0 aromatic heterocycles. The Hall–Kier alpha value is 0.310. The lowest BCUT2D eigenvalue weighted by atomic mass is 10.0. The van der Waals surface area contributed by atoms with E-state index in [1.165, 1.54) is 12.8 Å². The highest BCUT2D eigenvalue weighted by Gasteiger charge is 2.35. The van der Waals surface area contributed by atoms with Gasteiger partial charge in [0.2, 0.25) is 0 Å². The van der Waals surface area contributed by atoms with Crippen molar-refractivity contribution < 1.29 is 4.52 Å². The number of nitrogens with zero attached hydrogens (tertiary/aromatic N) is 2. The van der Waals surface area contributed by atoms with Crippen molar-refractivity contribution >= 4 is 8.45 Å². The summed E-state index contributed by atoms with van der Waals surface area (Å²) in [5.74, 6) is 0.792. The molecule has 0 saturated carbocycles. The molecular formula is C20H45N2OP. The molecule has 0 heterocycles. The first-order valence-electron chi connectivity index (χ1n) is 10.1. The molecule has 3 nitrogen and oxygen atoms in total. The highest BCUT2D eigenvalue weighted by atomic mass is 31.2. The summed E-state index contributed by atoms with van der Waals surface area (Å²) in [4.78, 5) is 0. The van der Waals surface area contributed by atoms with Crippen LogP contribution in [0.1, 0.15) is 95.4 Å². The Bertz CT molecular complexity index is 285. The van der Waals surface area contributed by atoms with Crippen LogP contribution in [-0.4, -0.2) is 39.6 Å². The zero-order valence-electron chi connectivity index (χ0n) is 18.3. The highest BCUT2D eigenvalue weighted by Crippen LogP contribution is 2.51. The van der Waals surface area contributed by atoms with Crippen LogP contribution in [0.3, 0.4) is 0 Å². The van der Waals surface area contributed by atoms with E-state index in [0.717, 1.165) is 12.3 Å². The van der Waals surface area contributed by atoms with Gasteiger partial charge < -0.3 is 4.52 Å². The first kappa shape index (κ1) is 24.3. The second-order valence-electron chi connectivity index (χ2n) is 8.39. The molecule has 0 radical (unpaired) electrons. The molecule has 0 fully saturated rings. The molecule has 2 unspecified atom stereocenters. The lowest BCUT2D eigenvalue weighted by Crippen LogP contribution is -2.44. The molecule has 0 rings (SSSR count). The van der Waals surface area contributed by atoms with Gasteiger partial charge in [-0.15, -0.1) is 0 Å². The topological polar surface area (TPSA) is 15.7 Å². The van der Waals surface area contributed by atoms with Crippen LogP contribution in [0.25, 0.3) is 0 Å². The minimum atomic E-state index is -0.753. The zero-order chi connectivity index (χ0) is 19.0. The molecule has 0 saturated heterocycles. The fourth-order valence-corrected chi connectivity index (χ4v) is 5.61. The van der Waals surface area contributed by atoms with Crippen molar-refractivity contribution in [2.75, 3.05) is 0 Å². The second kappa shape index (κ2) is 11.8. The van der Waals surface area contributed by atoms with Crippen LogP contribution in [0.5, 0.6) is 0 Å². The van der Waals surface area contributed by atoms with Crippen LogP contribution < -0.4 is 0 Å². The summed E-state index contributed by atoms with van der Waals surface area (Å²) < 4.78 is 11.9. The SMILES string of the molecule is CCC(C)CCC(C)OP(N(C(C)C)C(C)C)N(C(C)C)C(C)C. The van der Waals surface area contributed by atoms with E-state index in [0.29, 0.717) is 30.3 Å². The smallest absolute Gasteiger partial charge is 0.189 e. The Morgan fingerprint density at radius 3 is 1.33 bits per heavy atom. The summed E-state index contributed by atoms with van der Waals surface area (Å²) in [6.07, 6.45) is 3.98. The summed E-state index contributed by atoms with van der Waals surface area (Å²) in [5, 5.41) is 0. The van der Waals surface area contributed by atoms with Gasteiger partial charge in [-0.1, -0.05) is 20.3 Å². The molecule has 0 aliphatic heterocycles. The standard InChI is InChI=1S/C20H45N2OP/c1-12-19(10)13-14-20(11)23-24(21(15(2)3)16(4)5)22(17(6)7)18(8)9/h15-20H,12-14H2,1-11H3. The minimum Gasteiger partial charge on any atom is -0.328 e. The van der Waals surface area contributed by atoms with Gasteiger partial charge in [-0.05, 0) is 81.1 Å². The molecule has 0 amide bonds. The van der Waals surface area contributed by atoms with Gasteiger partial charge in [0.1, 0.15) is 0 Å². The summed E-state index contributed by atoms with van der Waals surface area (Å²) in [6, 6.07) is 1.94. The molecule has 24 heavy (non-hydrogen) atoms. The molecule has 146 valence electrons. The third-order valence-corrected chi connectivity index (χ3v) is 7.73.